The molecule has 6 heteroatoms. The smallest absolute Gasteiger partial charge is 0.164 e. The highest BCUT2D eigenvalue weighted by molar-refractivity contribution is 6.11. The van der Waals surface area contributed by atoms with E-state index < -0.39 is 0 Å². The number of hydrogen-bond acceptors (Lipinski definition) is 4. The highest BCUT2D eigenvalue weighted by Crippen LogP contribution is 2.39. The zero-order chi connectivity index (χ0) is 56.9. The van der Waals surface area contributed by atoms with Crippen molar-refractivity contribution in [3.8, 4) is 113 Å². The summed E-state index contributed by atoms with van der Waals surface area (Å²) in [6.07, 6.45) is 0. The molecule has 6 nitrogen and oxygen atoms in total. The molecular weight excluding hydrogens is 1040 g/mol. The molecule has 0 unspecified atom stereocenters. The minimum absolute atomic E-state index is 0.609. The predicted octanol–water partition coefficient (Wildman–Crippen LogP) is 20.5. The zero-order valence-electron chi connectivity index (χ0n) is 46.7. The first-order valence-corrected chi connectivity index (χ1v) is 29.1. The molecule has 0 saturated heterocycles. The Balaban J connectivity index is 0.712. The molecule has 0 aliphatic carbocycles. The summed E-state index contributed by atoms with van der Waals surface area (Å²) in [5.74, 6) is 1.84. The van der Waals surface area contributed by atoms with E-state index in [1.165, 1.54) is 32.6 Å². The fourth-order valence-corrected chi connectivity index (χ4v) is 12.3. The number of para-hydroxylation sites is 3. The SMILES string of the molecule is c1ccc(-c2cc(-c3ccc(-c4cccc(-n5c6ccccc6c6cc(-c7cccc(-c8nc(-c9ccccc9)nc(-c9ccc(-c%10cccc(-n%11c%12ccccc%12c%12ccccc%12%11)c%10)cc9)n8)c7)ccc65)c4)cc3)cc(-c3ccccc3)n2)cc1. The molecule has 0 N–H and O–H groups in total. The van der Waals surface area contributed by atoms with E-state index in [4.69, 9.17) is 19.9 Å². The molecule has 16 rings (SSSR count). The third kappa shape index (κ3) is 9.19. The quantitative estimate of drug-likeness (QED) is 0.129. The zero-order valence-corrected chi connectivity index (χ0v) is 46.7. The van der Waals surface area contributed by atoms with Crippen LogP contribution in [0.25, 0.3) is 156 Å². The standard InChI is InChI=1S/C80H52N6/c1-4-19-56(20-5-1)72-51-65(52-73(81-72)57-21-6-2-7-22-57)55-39-37-53(38-40-55)61-26-18-30-67(49-61)86-76-36-15-12-33-70(76)71-50-63(45-46-77(71)86)60-25-16-28-64(47-60)80-83-78(58-23-8-3-9-24-58)82-79(84-80)59-43-41-54(42-44-59)62-27-17-29-66(48-62)85-74-34-13-10-31-68(74)69-32-11-14-35-75(69)85/h1-52H. The second-order valence-corrected chi connectivity index (χ2v) is 21.8. The van der Waals surface area contributed by atoms with Gasteiger partial charge in [0.15, 0.2) is 17.5 Å². The molecule has 86 heavy (non-hydrogen) atoms. The highest BCUT2D eigenvalue weighted by atomic mass is 15.0. The molecule has 12 aromatic carbocycles. The van der Waals surface area contributed by atoms with Crippen molar-refractivity contribution in [2.45, 2.75) is 0 Å². The molecular formula is C80H52N6. The van der Waals surface area contributed by atoms with Crippen LogP contribution >= 0.6 is 0 Å². The van der Waals surface area contributed by atoms with Crippen LogP contribution in [0, 0.1) is 0 Å². The lowest BCUT2D eigenvalue weighted by Crippen LogP contribution is -2.00. The van der Waals surface area contributed by atoms with Gasteiger partial charge in [-0.15, -0.1) is 0 Å². The summed E-state index contributed by atoms with van der Waals surface area (Å²) in [5, 5.41) is 4.86. The summed E-state index contributed by atoms with van der Waals surface area (Å²) in [5.41, 5.74) is 22.7. The molecule has 16 aromatic rings. The molecule has 0 bridgehead atoms. The van der Waals surface area contributed by atoms with Gasteiger partial charge in [0.25, 0.3) is 0 Å². The van der Waals surface area contributed by atoms with Crippen molar-refractivity contribution in [3.05, 3.63) is 315 Å². The Hall–Kier alpha value is -11.6. The van der Waals surface area contributed by atoms with Gasteiger partial charge in [0, 0.05) is 60.7 Å². The summed E-state index contributed by atoms with van der Waals surface area (Å²) >= 11 is 0. The Kier molecular flexibility index (Phi) is 12.4. The van der Waals surface area contributed by atoms with Gasteiger partial charge in [0.1, 0.15) is 0 Å². The molecule has 0 fully saturated rings. The van der Waals surface area contributed by atoms with E-state index in [0.717, 1.165) is 106 Å². The normalized spacial score (nSPS) is 11.5. The minimum atomic E-state index is 0.609. The van der Waals surface area contributed by atoms with Crippen LogP contribution < -0.4 is 0 Å². The van der Waals surface area contributed by atoms with Gasteiger partial charge >= 0.3 is 0 Å². The van der Waals surface area contributed by atoms with Crippen LogP contribution in [0.3, 0.4) is 0 Å². The summed E-state index contributed by atoms with van der Waals surface area (Å²) in [4.78, 5) is 20.6. The predicted molar refractivity (Wildman–Crippen MR) is 355 cm³/mol. The van der Waals surface area contributed by atoms with Crippen molar-refractivity contribution in [3.63, 3.8) is 0 Å². The molecule has 0 amide bonds. The Labute approximate surface area is 498 Å². The third-order valence-electron chi connectivity index (χ3n) is 16.6. The summed E-state index contributed by atoms with van der Waals surface area (Å²) in [7, 11) is 0. The average Bonchev–Trinajstić information content (AvgIpc) is 2.71. The number of nitrogens with zero attached hydrogens (tertiary/aromatic N) is 6. The highest BCUT2D eigenvalue weighted by Gasteiger charge is 2.19. The van der Waals surface area contributed by atoms with Crippen molar-refractivity contribution in [2.24, 2.45) is 0 Å². The molecule has 0 spiro atoms. The van der Waals surface area contributed by atoms with Gasteiger partial charge in [0.05, 0.1) is 33.5 Å². The topological polar surface area (TPSA) is 61.4 Å². The van der Waals surface area contributed by atoms with Crippen LogP contribution in [0.15, 0.2) is 315 Å². The molecule has 0 radical (unpaired) electrons. The summed E-state index contributed by atoms with van der Waals surface area (Å²) in [6.45, 7) is 0. The van der Waals surface area contributed by atoms with Gasteiger partial charge in [-0.25, -0.2) is 19.9 Å². The van der Waals surface area contributed by atoms with Gasteiger partial charge in [-0.3, -0.25) is 0 Å². The molecule has 0 atom stereocenters. The Morgan fingerprint density at radius 3 is 1.00 bits per heavy atom. The van der Waals surface area contributed by atoms with Crippen molar-refractivity contribution in [2.75, 3.05) is 0 Å². The van der Waals surface area contributed by atoms with Crippen molar-refractivity contribution in [1.29, 1.82) is 0 Å². The largest absolute Gasteiger partial charge is 0.309 e. The van der Waals surface area contributed by atoms with E-state index in [-0.39, 0.29) is 0 Å². The number of pyridine rings is 1. The van der Waals surface area contributed by atoms with E-state index in [9.17, 15) is 0 Å². The number of aromatic nitrogens is 6. The lowest BCUT2D eigenvalue weighted by molar-refractivity contribution is 1.07. The second kappa shape index (κ2) is 21.3. The van der Waals surface area contributed by atoms with Crippen molar-refractivity contribution >= 4 is 43.6 Å². The lowest BCUT2D eigenvalue weighted by atomic mass is 9.97. The Morgan fingerprint density at radius 2 is 0.500 bits per heavy atom. The number of fused-ring (bicyclic) bond motifs is 6. The molecule has 0 saturated carbocycles. The van der Waals surface area contributed by atoms with Gasteiger partial charge in [-0.1, -0.05) is 243 Å². The van der Waals surface area contributed by atoms with E-state index in [1.807, 2.05) is 30.3 Å². The maximum Gasteiger partial charge on any atom is 0.164 e. The van der Waals surface area contributed by atoms with Gasteiger partial charge < -0.3 is 9.13 Å². The van der Waals surface area contributed by atoms with Crippen molar-refractivity contribution in [1.82, 2.24) is 29.1 Å². The first-order chi connectivity index (χ1) is 42.6. The molecule has 4 aromatic heterocycles. The van der Waals surface area contributed by atoms with Crippen LogP contribution in [0.1, 0.15) is 0 Å². The molecule has 0 aliphatic rings. The van der Waals surface area contributed by atoms with Crippen LogP contribution in [-0.2, 0) is 0 Å². The first kappa shape index (κ1) is 50.2. The van der Waals surface area contributed by atoms with E-state index >= 15 is 0 Å². The van der Waals surface area contributed by atoms with Crippen LogP contribution in [0.2, 0.25) is 0 Å². The maximum absolute atomic E-state index is 5.21. The molecule has 4 heterocycles. The molecule has 402 valence electrons. The average molecular weight is 1100 g/mol. The monoisotopic (exact) mass is 1100 g/mol. The van der Waals surface area contributed by atoms with Crippen LogP contribution in [-0.4, -0.2) is 29.1 Å². The first-order valence-electron chi connectivity index (χ1n) is 29.1. The minimum Gasteiger partial charge on any atom is -0.309 e. The Bertz CT molecular complexity index is 5090. The second-order valence-electron chi connectivity index (χ2n) is 21.8. The van der Waals surface area contributed by atoms with Crippen molar-refractivity contribution < 1.29 is 0 Å². The molecule has 0 aliphatic heterocycles. The number of benzene rings is 12. The number of hydrogen-bond donors (Lipinski definition) is 0. The van der Waals surface area contributed by atoms with Gasteiger partial charge in [0.2, 0.25) is 0 Å². The van der Waals surface area contributed by atoms with Crippen LogP contribution in [0.5, 0.6) is 0 Å². The van der Waals surface area contributed by atoms with Crippen LogP contribution in [0.4, 0.5) is 0 Å². The van der Waals surface area contributed by atoms with E-state index in [0.29, 0.717) is 17.5 Å². The van der Waals surface area contributed by atoms with E-state index in [2.05, 4.69) is 294 Å². The van der Waals surface area contributed by atoms with E-state index in [1.54, 1.807) is 0 Å². The summed E-state index contributed by atoms with van der Waals surface area (Å²) < 4.78 is 4.75. The fourth-order valence-electron chi connectivity index (χ4n) is 12.3. The van der Waals surface area contributed by atoms with Gasteiger partial charge in [-0.2, -0.15) is 0 Å². The number of rotatable bonds is 11. The van der Waals surface area contributed by atoms with Gasteiger partial charge in [-0.05, 0) is 117 Å². The fraction of sp³-hybridized carbons (Fsp3) is 0. The maximum atomic E-state index is 5.21. The summed E-state index contributed by atoms with van der Waals surface area (Å²) in [6, 6.07) is 112. The Morgan fingerprint density at radius 1 is 0.174 bits per heavy atom. The third-order valence-corrected chi connectivity index (χ3v) is 16.6. The lowest BCUT2D eigenvalue weighted by Gasteiger charge is -2.12.